The molecule has 0 radical (unpaired) electrons. The highest BCUT2D eigenvalue weighted by Crippen LogP contribution is 2.17. The van der Waals surface area contributed by atoms with E-state index in [4.69, 9.17) is 5.11 Å². The van der Waals surface area contributed by atoms with Crippen LogP contribution in [0.5, 0.6) is 0 Å². The number of carbonyl (C=O) groups excluding carboxylic acids is 2. The molecule has 132 valence electrons. The molecule has 0 fully saturated rings. The van der Waals surface area contributed by atoms with E-state index >= 15 is 0 Å². The van der Waals surface area contributed by atoms with Gasteiger partial charge in [0.1, 0.15) is 11.6 Å². The second kappa shape index (κ2) is 8.39. The minimum Gasteiger partial charge on any atom is -0.507 e. The van der Waals surface area contributed by atoms with Crippen molar-refractivity contribution < 1.29 is 29.0 Å². The van der Waals surface area contributed by atoms with E-state index in [9.17, 15) is 23.9 Å². The lowest BCUT2D eigenvalue weighted by molar-refractivity contribution is -0.146. The molecule has 7 heteroatoms. The summed E-state index contributed by atoms with van der Waals surface area (Å²) in [5, 5.41) is 20.9. The Bertz CT molecular complexity index is 900. The number of aliphatic hydroxyl groups excluding tert-OH is 1. The molecule has 3 N–H and O–H groups in total. The van der Waals surface area contributed by atoms with Crippen LogP contribution in [-0.2, 0) is 14.4 Å². The molecule has 0 aliphatic heterocycles. The van der Waals surface area contributed by atoms with Crippen LogP contribution in [0, 0.1) is 5.82 Å². The van der Waals surface area contributed by atoms with Crippen LogP contribution in [0.25, 0.3) is 11.8 Å². The molecule has 2 rings (SSSR count). The van der Waals surface area contributed by atoms with Gasteiger partial charge in [-0.05, 0) is 35.9 Å². The van der Waals surface area contributed by atoms with Crippen LogP contribution in [0.15, 0.2) is 60.7 Å². The van der Waals surface area contributed by atoms with Crippen LogP contribution >= 0.6 is 0 Å². The van der Waals surface area contributed by atoms with Crippen LogP contribution in [0.4, 0.5) is 10.1 Å². The number of nitrogens with one attached hydrogen (secondary N) is 1. The van der Waals surface area contributed by atoms with E-state index in [1.165, 1.54) is 54.6 Å². The van der Waals surface area contributed by atoms with Crippen molar-refractivity contribution in [3.8, 4) is 0 Å². The smallest absolute Gasteiger partial charge is 0.376 e. The van der Waals surface area contributed by atoms with Crippen LogP contribution in [0.2, 0.25) is 0 Å². The third-order valence-electron chi connectivity index (χ3n) is 3.20. The standard InChI is InChI=1S/C19H14FNO5/c20-14-7-4-12(5-8-14)6-9-18(24)21-15-3-1-2-13(10-15)16(22)11-17(23)19(25)26/h1-11,22H,(H,21,24)(H,25,26)/b9-6+,16-11?. The Morgan fingerprint density at radius 3 is 2.35 bits per heavy atom. The Kier molecular flexibility index (Phi) is 6.00. The molecule has 0 spiro atoms. The van der Waals surface area contributed by atoms with Crippen molar-refractivity contribution in [2.75, 3.05) is 5.32 Å². The Hall–Kier alpha value is -3.74. The summed E-state index contributed by atoms with van der Waals surface area (Å²) in [5.41, 5.74) is 1.14. The van der Waals surface area contributed by atoms with Gasteiger partial charge in [0.25, 0.3) is 5.78 Å². The summed E-state index contributed by atoms with van der Waals surface area (Å²) >= 11 is 0. The summed E-state index contributed by atoms with van der Waals surface area (Å²) in [6.45, 7) is 0. The van der Waals surface area contributed by atoms with Crippen molar-refractivity contribution in [3.63, 3.8) is 0 Å². The molecule has 0 heterocycles. The predicted molar refractivity (Wildman–Crippen MR) is 93.8 cm³/mol. The third kappa shape index (κ3) is 5.41. The minimum absolute atomic E-state index is 0.167. The number of halogens is 1. The van der Waals surface area contributed by atoms with Gasteiger partial charge in [-0.15, -0.1) is 0 Å². The van der Waals surface area contributed by atoms with Gasteiger partial charge in [-0.25, -0.2) is 9.18 Å². The van der Waals surface area contributed by atoms with Gasteiger partial charge in [0, 0.05) is 23.4 Å². The number of amides is 1. The van der Waals surface area contributed by atoms with Crippen molar-refractivity contribution >= 4 is 35.2 Å². The number of anilines is 1. The quantitative estimate of drug-likeness (QED) is 0.420. The number of carbonyl (C=O) groups is 3. The third-order valence-corrected chi connectivity index (χ3v) is 3.20. The van der Waals surface area contributed by atoms with Gasteiger partial charge in [-0.1, -0.05) is 24.3 Å². The van der Waals surface area contributed by atoms with Crippen LogP contribution < -0.4 is 5.32 Å². The van der Waals surface area contributed by atoms with E-state index in [1.54, 1.807) is 6.07 Å². The summed E-state index contributed by atoms with van der Waals surface area (Å²) in [6, 6.07) is 11.5. The van der Waals surface area contributed by atoms with Gasteiger partial charge in [-0.3, -0.25) is 9.59 Å². The number of carboxylic acid groups (broad SMARTS) is 1. The first-order valence-corrected chi connectivity index (χ1v) is 7.38. The molecular formula is C19H14FNO5. The largest absolute Gasteiger partial charge is 0.507 e. The van der Waals surface area contributed by atoms with E-state index in [0.717, 1.165) is 0 Å². The Morgan fingerprint density at radius 1 is 1.00 bits per heavy atom. The Balaban J connectivity index is 2.08. The Morgan fingerprint density at radius 2 is 1.69 bits per heavy atom. The number of aliphatic carboxylic acids is 1. The topological polar surface area (TPSA) is 104 Å². The summed E-state index contributed by atoms with van der Waals surface area (Å²) in [4.78, 5) is 33.5. The van der Waals surface area contributed by atoms with Crippen molar-refractivity contribution in [1.82, 2.24) is 0 Å². The minimum atomic E-state index is -1.69. The fourth-order valence-electron chi connectivity index (χ4n) is 1.96. The van der Waals surface area contributed by atoms with Gasteiger partial charge in [0.05, 0.1) is 0 Å². The lowest BCUT2D eigenvalue weighted by atomic mass is 10.1. The molecule has 1 amide bonds. The number of carboxylic acids is 1. The zero-order valence-corrected chi connectivity index (χ0v) is 13.3. The highest BCUT2D eigenvalue weighted by molar-refractivity contribution is 6.38. The van der Waals surface area contributed by atoms with Crippen molar-refractivity contribution in [2.24, 2.45) is 0 Å². The maximum absolute atomic E-state index is 12.8. The van der Waals surface area contributed by atoms with Crippen molar-refractivity contribution in [1.29, 1.82) is 0 Å². The lowest BCUT2D eigenvalue weighted by Gasteiger charge is -2.05. The molecule has 2 aromatic carbocycles. The first kappa shape index (κ1) is 18.6. The number of ketones is 1. The van der Waals surface area contributed by atoms with E-state index in [2.05, 4.69) is 5.32 Å². The summed E-state index contributed by atoms with van der Waals surface area (Å²) < 4.78 is 12.8. The van der Waals surface area contributed by atoms with Gasteiger partial charge < -0.3 is 15.5 Å². The highest BCUT2D eigenvalue weighted by Gasteiger charge is 2.11. The number of hydrogen-bond donors (Lipinski definition) is 3. The van der Waals surface area contributed by atoms with Crippen LogP contribution in [0.3, 0.4) is 0 Å². The van der Waals surface area contributed by atoms with E-state index < -0.39 is 23.4 Å². The van der Waals surface area contributed by atoms with E-state index in [-0.39, 0.29) is 11.4 Å². The van der Waals surface area contributed by atoms with Crippen LogP contribution in [0.1, 0.15) is 11.1 Å². The molecule has 6 nitrogen and oxygen atoms in total. The fourth-order valence-corrected chi connectivity index (χ4v) is 1.96. The molecular weight excluding hydrogens is 341 g/mol. The van der Waals surface area contributed by atoms with E-state index in [0.29, 0.717) is 17.3 Å². The predicted octanol–water partition coefficient (Wildman–Crippen LogP) is 3.03. The molecule has 26 heavy (non-hydrogen) atoms. The first-order valence-electron chi connectivity index (χ1n) is 7.38. The molecule has 0 saturated heterocycles. The van der Waals surface area contributed by atoms with Gasteiger partial charge in [-0.2, -0.15) is 0 Å². The molecule has 0 bridgehead atoms. The van der Waals surface area contributed by atoms with Gasteiger partial charge in [0.15, 0.2) is 0 Å². The number of aliphatic hydroxyl groups is 1. The zero-order valence-electron chi connectivity index (χ0n) is 13.3. The first-order chi connectivity index (χ1) is 12.3. The molecule has 0 saturated carbocycles. The molecule has 0 aromatic heterocycles. The highest BCUT2D eigenvalue weighted by atomic mass is 19.1. The van der Waals surface area contributed by atoms with Crippen LogP contribution in [-0.4, -0.2) is 27.9 Å². The molecule has 0 aliphatic carbocycles. The maximum Gasteiger partial charge on any atom is 0.376 e. The second-order valence-corrected chi connectivity index (χ2v) is 5.15. The Labute approximate surface area is 147 Å². The molecule has 0 aliphatic rings. The number of benzene rings is 2. The average Bonchev–Trinajstić information content (AvgIpc) is 2.61. The summed E-state index contributed by atoms with van der Waals surface area (Å²) in [6.07, 6.45) is 3.34. The monoisotopic (exact) mass is 355 g/mol. The average molecular weight is 355 g/mol. The fraction of sp³-hybridized carbons (Fsp3) is 0. The summed E-state index contributed by atoms with van der Waals surface area (Å²) in [7, 11) is 0. The molecule has 0 atom stereocenters. The zero-order chi connectivity index (χ0) is 19.1. The van der Waals surface area contributed by atoms with E-state index in [1.807, 2.05) is 0 Å². The maximum atomic E-state index is 12.8. The van der Waals surface area contributed by atoms with Crippen molar-refractivity contribution in [3.05, 3.63) is 77.6 Å². The van der Waals surface area contributed by atoms with Crippen molar-refractivity contribution in [2.45, 2.75) is 0 Å². The van der Waals surface area contributed by atoms with Gasteiger partial charge in [0.2, 0.25) is 5.91 Å². The number of hydrogen-bond acceptors (Lipinski definition) is 4. The number of rotatable bonds is 6. The van der Waals surface area contributed by atoms with Gasteiger partial charge >= 0.3 is 5.97 Å². The summed E-state index contributed by atoms with van der Waals surface area (Å²) in [5.74, 6) is -4.32. The lowest BCUT2D eigenvalue weighted by Crippen LogP contribution is -2.10. The normalized spacial score (nSPS) is 11.3. The molecule has 2 aromatic rings. The SMILES string of the molecule is O=C(/C=C/c1ccc(F)cc1)Nc1cccc(C(O)=CC(=O)C(=O)O)c1. The second-order valence-electron chi connectivity index (χ2n) is 5.15. The molecule has 0 unspecified atom stereocenters.